The molecular formula is C15H22N2O5. The third kappa shape index (κ3) is 4.59. The fraction of sp³-hybridized carbons (Fsp3) is 0.533. The Bertz CT molecular complexity index is 503. The highest BCUT2D eigenvalue weighted by molar-refractivity contribution is 5.90. The Kier molecular flexibility index (Phi) is 6.00. The van der Waals surface area contributed by atoms with Gasteiger partial charge in [-0.1, -0.05) is 0 Å². The highest BCUT2D eigenvalue weighted by Gasteiger charge is 2.16. The lowest BCUT2D eigenvalue weighted by molar-refractivity contribution is 0.0697. The Balaban J connectivity index is 2.06. The second kappa shape index (κ2) is 7.98. The topological polar surface area (TPSA) is 111 Å². The number of hydrogen-bond donors (Lipinski definition) is 5. The van der Waals surface area contributed by atoms with E-state index in [-0.39, 0.29) is 24.8 Å². The van der Waals surface area contributed by atoms with Gasteiger partial charge in [0, 0.05) is 19.7 Å². The molecule has 0 amide bonds. The first-order chi connectivity index (χ1) is 10.6. The van der Waals surface area contributed by atoms with Crippen molar-refractivity contribution < 1.29 is 24.9 Å². The van der Waals surface area contributed by atoms with Gasteiger partial charge in [-0.15, -0.1) is 0 Å². The summed E-state index contributed by atoms with van der Waals surface area (Å²) in [5.74, 6) is -1.02. The molecule has 0 aliphatic carbocycles. The zero-order valence-electron chi connectivity index (χ0n) is 12.3. The molecule has 1 heterocycles. The van der Waals surface area contributed by atoms with Crippen molar-refractivity contribution in [1.29, 1.82) is 0 Å². The lowest BCUT2D eigenvalue weighted by atomic mass is 10.1. The van der Waals surface area contributed by atoms with Gasteiger partial charge in [-0.3, -0.25) is 0 Å². The monoisotopic (exact) mass is 310 g/mol. The van der Waals surface area contributed by atoms with Crippen LogP contribution in [0.5, 0.6) is 0 Å². The van der Waals surface area contributed by atoms with Gasteiger partial charge in [-0.05, 0) is 31.0 Å². The quantitative estimate of drug-likeness (QED) is 0.481. The van der Waals surface area contributed by atoms with E-state index in [0.717, 1.165) is 25.1 Å². The second-order valence-corrected chi connectivity index (χ2v) is 5.30. The molecule has 7 heteroatoms. The molecule has 5 N–H and O–H groups in total. The van der Waals surface area contributed by atoms with Gasteiger partial charge in [0.1, 0.15) is 0 Å². The van der Waals surface area contributed by atoms with Crippen LogP contribution in [0.2, 0.25) is 0 Å². The van der Waals surface area contributed by atoms with E-state index in [1.165, 1.54) is 12.1 Å². The molecule has 1 aliphatic rings. The minimum Gasteiger partial charge on any atom is -0.478 e. The number of carbonyl (C=O) groups is 1. The number of anilines is 2. The molecule has 1 aliphatic heterocycles. The largest absolute Gasteiger partial charge is 0.478 e. The first-order valence-electron chi connectivity index (χ1n) is 7.35. The van der Waals surface area contributed by atoms with Crippen LogP contribution in [0.1, 0.15) is 23.2 Å². The van der Waals surface area contributed by atoms with Crippen LogP contribution in [0.15, 0.2) is 18.2 Å². The standard InChI is InChI=1S/C15H22N2O5/c18-9-11(19)7-16-14-6-10(15(20)21)3-4-13(14)17-8-12-2-1-5-22-12/h3-4,6,11-12,16-19H,1-2,5,7-9H2,(H,20,21). The minimum absolute atomic E-state index is 0.133. The van der Waals surface area contributed by atoms with E-state index < -0.39 is 12.1 Å². The molecule has 2 unspecified atom stereocenters. The van der Waals surface area contributed by atoms with Crippen molar-refractivity contribution in [3.05, 3.63) is 23.8 Å². The molecule has 0 aromatic heterocycles. The molecule has 1 aromatic rings. The molecular weight excluding hydrogens is 288 g/mol. The fourth-order valence-electron chi connectivity index (χ4n) is 2.30. The molecule has 1 fully saturated rings. The van der Waals surface area contributed by atoms with Crippen molar-refractivity contribution in [3.63, 3.8) is 0 Å². The maximum Gasteiger partial charge on any atom is 0.335 e. The van der Waals surface area contributed by atoms with Crippen molar-refractivity contribution >= 4 is 17.3 Å². The summed E-state index contributed by atoms with van der Waals surface area (Å²) in [6.07, 6.45) is 1.32. The molecule has 1 aromatic carbocycles. The summed E-state index contributed by atoms with van der Waals surface area (Å²) in [5.41, 5.74) is 1.47. The Morgan fingerprint density at radius 3 is 2.82 bits per heavy atom. The SMILES string of the molecule is O=C(O)c1ccc(NCC2CCCO2)c(NCC(O)CO)c1. The number of rotatable bonds is 8. The van der Waals surface area contributed by atoms with Gasteiger partial charge in [0.15, 0.2) is 0 Å². The number of carboxylic acids is 1. The highest BCUT2D eigenvalue weighted by Crippen LogP contribution is 2.24. The lowest BCUT2D eigenvalue weighted by Gasteiger charge is -2.18. The summed E-state index contributed by atoms with van der Waals surface area (Å²) >= 11 is 0. The molecule has 0 radical (unpaired) electrons. The number of ether oxygens (including phenoxy) is 1. The van der Waals surface area contributed by atoms with Crippen molar-refractivity contribution in [1.82, 2.24) is 0 Å². The molecule has 1 saturated heterocycles. The van der Waals surface area contributed by atoms with E-state index in [0.29, 0.717) is 12.2 Å². The van der Waals surface area contributed by atoms with Gasteiger partial charge in [-0.25, -0.2) is 4.79 Å². The zero-order chi connectivity index (χ0) is 15.9. The summed E-state index contributed by atoms with van der Waals surface area (Å²) in [4.78, 5) is 11.1. The van der Waals surface area contributed by atoms with Gasteiger partial charge in [-0.2, -0.15) is 0 Å². The molecule has 0 spiro atoms. The number of aliphatic hydroxyl groups is 2. The summed E-state index contributed by atoms with van der Waals surface area (Å²) in [6.45, 7) is 1.19. The predicted octanol–water partition coefficient (Wildman–Crippen LogP) is 0.741. The molecule has 2 atom stereocenters. The van der Waals surface area contributed by atoms with E-state index in [4.69, 9.17) is 14.9 Å². The van der Waals surface area contributed by atoms with Gasteiger partial charge in [0.2, 0.25) is 0 Å². The Labute approximate surface area is 128 Å². The second-order valence-electron chi connectivity index (χ2n) is 5.30. The fourth-order valence-corrected chi connectivity index (χ4v) is 2.30. The van der Waals surface area contributed by atoms with Crippen molar-refractivity contribution in [3.8, 4) is 0 Å². The summed E-state index contributed by atoms with van der Waals surface area (Å²) in [6, 6.07) is 4.71. The third-order valence-electron chi connectivity index (χ3n) is 3.55. The van der Waals surface area contributed by atoms with Crippen molar-refractivity contribution in [2.45, 2.75) is 25.0 Å². The molecule has 0 bridgehead atoms. The maximum atomic E-state index is 11.1. The first-order valence-corrected chi connectivity index (χ1v) is 7.35. The maximum absolute atomic E-state index is 11.1. The number of aliphatic hydroxyl groups excluding tert-OH is 2. The van der Waals surface area contributed by atoms with E-state index in [2.05, 4.69) is 10.6 Å². The van der Waals surface area contributed by atoms with Gasteiger partial charge < -0.3 is 30.7 Å². The van der Waals surface area contributed by atoms with E-state index in [9.17, 15) is 9.90 Å². The van der Waals surface area contributed by atoms with Crippen LogP contribution in [-0.4, -0.2) is 59.8 Å². The van der Waals surface area contributed by atoms with Crippen LogP contribution in [0, 0.1) is 0 Å². The molecule has 122 valence electrons. The van der Waals surface area contributed by atoms with Gasteiger partial charge in [0.05, 0.1) is 35.8 Å². The van der Waals surface area contributed by atoms with Crippen LogP contribution in [0.25, 0.3) is 0 Å². The smallest absolute Gasteiger partial charge is 0.335 e. The predicted molar refractivity (Wildman–Crippen MR) is 82.4 cm³/mol. The first kappa shape index (κ1) is 16.5. The lowest BCUT2D eigenvalue weighted by Crippen LogP contribution is -2.24. The molecule has 0 saturated carbocycles. The number of aromatic carboxylic acids is 1. The summed E-state index contributed by atoms with van der Waals surface area (Å²) < 4.78 is 5.54. The average Bonchev–Trinajstić information content (AvgIpc) is 3.04. The highest BCUT2D eigenvalue weighted by atomic mass is 16.5. The zero-order valence-corrected chi connectivity index (χ0v) is 12.3. The minimum atomic E-state index is -1.02. The number of benzene rings is 1. The Morgan fingerprint density at radius 1 is 1.36 bits per heavy atom. The summed E-state index contributed by atoms with van der Waals surface area (Å²) in [7, 11) is 0. The van der Waals surface area contributed by atoms with Crippen LogP contribution in [0.4, 0.5) is 11.4 Å². The Morgan fingerprint density at radius 2 is 2.18 bits per heavy atom. The molecule has 7 nitrogen and oxygen atoms in total. The number of hydrogen-bond acceptors (Lipinski definition) is 6. The number of carboxylic acid groups (broad SMARTS) is 1. The molecule has 2 rings (SSSR count). The van der Waals surface area contributed by atoms with Crippen LogP contribution >= 0.6 is 0 Å². The summed E-state index contributed by atoms with van der Waals surface area (Å²) in [5, 5.41) is 33.5. The van der Waals surface area contributed by atoms with Crippen LogP contribution in [-0.2, 0) is 4.74 Å². The number of nitrogens with one attached hydrogen (secondary N) is 2. The van der Waals surface area contributed by atoms with Crippen LogP contribution in [0.3, 0.4) is 0 Å². The normalized spacial score (nSPS) is 18.9. The van der Waals surface area contributed by atoms with Crippen molar-refractivity contribution in [2.24, 2.45) is 0 Å². The molecule has 22 heavy (non-hydrogen) atoms. The van der Waals surface area contributed by atoms with E-state index in [1.54, 1.807) is 6.07 Å². The van der Waals surface area contributed by atoms with E-state index in [1.807, 2.05) is 0 Å². The average molecular weight is 310 g/mol. The third-order valence-corrected chi connectivity index (χ3v) is 3.55. The van der Waals surface area contributed by atoms with Crippen molar-refractivity contribution in [2.75, 3.05) is 36.9 Å². The van der Waals surface area contributed by atoms with Crippen LogP contribution < -0.4 is 10.6 Å². The van der Waals surface area contributed by atoms with E-state index >= 15 is 0 Å². The Hall–Kier alpha value is -1.83. The van der Waals surface area contributed by atoms with Gasteiger partial charge in [0.25, 0.3) is 0 Å². The van der Waals surface area contributed by atoms with Gasteiger partial charge >= 0.3 is 5.97 Å².